The first-order chi connectivity index (χ1) is 12.9. The molecule has 0 saturated heterocycles. The second-order valence-electron chi connectivity index (χ2n) is 6.13. The van der Waals surface area contributed by atoms with E-state index >= 15 is 0 Å². The Balaban J connectivity index is 1.70. The van der Waals surface area contributed by atoms with Crippen molar-refractivity contribution in [2.75, 3.05) is 5.32 Å². The molecule has 138 valence electrons. The van der Waals surface area contributed by atoms with Crippen LogP contribution < -0.4 is 5.32 Å². The summed E-state index contributed by atoms with van der Waals surface area (Å²) in [5.41, 5.74) is 1.28. The number of thiophene rings is 1. The first-order valence-corrected chi connectivity index (χ1v) is 9.11. The van der Waals surface area contributed by atoms with Crippen LogP contribution in [-0.4, -0.2) is 32.7 Å². The molecule has 0 aliphatic rings. The number of nitriles is 1. The topological polar surface area (TPSA) is 110 Å². The van der Waals surface area contributed by atoms with Gasteiger partial charge in [0, 0.05) is 17.6 Å². The summed E-state index contributed by atoms with van der Waals surface area (Å²) in [4.78, 5) is 28.9. The third-order valence-electron chi connectivity index (χ3n) is 3.83. The summed E-state index contributed by atoms with van der Waals surface area (Å²) in [6.07, 6.45) is 2.01. The standard InChI is InChI=1S/C18H17N5O3S/c1-10(2)23-15-13(9-21-23)6-14(8-20-15)18(25)26-11(3)16(24)22-17-12(7-19)4-5-27-17/h4-6,8-11H,1-3H3,(H,22,24). The molecule has 3 heterocycles. The largest absolute Gasteiger partial charge is 0.449 e. The Labute approximate surface area is 159 Å². The number of pyridine rings is 1. The van der Waals surface area contributed by atoms with Gasteiger partial charge >= 0.3 is 5.97 Å². The molecule has 3 aromatic rings. The summed E-state index contributed by atoms with van der Waals surface area (Å²) in [6.45, 7) is 5.44. The number of aromatic nitrogens is 3. The number of fused-ring (bicyclic) bond motifs is 1. The van der Waals surface area contributed by atoms with Crippen molar-refractivity contribution in [1.82, 2.24) is 14.8 Å². The maximum Gasteiger partial charge on any atom is 0.340 e. The van der Waals surface area contributed by atoms with Crippen LogP contribution in [0, 0.1) is 11.3 Å². The number of nitrogens with zero attached hydrogens (tertiary/aromatic N) is 4. The summed E-state index contributed by atoms with van der Waals surface area (Å²) in [5.74, 6) is -1.17. The molecule has 0 aromatic carbocycles. The lowest BCUT2D eigenvalue weighted by Gasteiger charge is -2.13. The average Bonchev–Trinajstić information content (AvgIpc) is 3.27. The van der Waals surface area contributed by atoms with Crippen molar-refractivity contribution >= 4 is 39.2 Å². The molecular weight excluding hydrogens is 366 g/mol. The summed E-state index contributed by atoms with van der Waals surface area (Å²) >= 11 is 1.23. The maximum absolute atomic E-state index is 12.4. The van der Waals surface area contributed by atoms with E-state index in [4.69, 9.17) is 10.00 Å². The van der Waals surface area contributed by atoms with E-state index in [0.717, 1.165) is 0 Å². The van der Waals surface area contributed by atoms with Gasteiger partial charge in [-0.25, -0.2) is 14.5 Å². The van der Waals surface area contributed by atoms with Crippen molar-refractivity contribution in [3.8, 4) is 6.07 Å². The summed E-state index contributed by atoms with van der Waals surface area (Å²) in [5, 5.41) is 18.7. The van der Waals surface area contributed by atoms with Crippen LogP contribution in [0.15, 0.2) is 29.9 Å². The minimum absolute atomic E-state index is 0.145. The minimum atomic E-state index is -1.03. The summed E-state index contributed by atoms with van der Waals surface area (Å²) in [7, 11) is 0. The van der Waals surface area contributed by atoms with Crippen molar-refractivity contribution in [3.05, 3.63) is 41.0 Å². The number of ether oxygens (including phenoxy) is 1. The average molecular weight is 383 g/mol. The van der Waals surface area contributed by atoms with Crippen molar-refractivity contribution in [1.29, 1.82) is 5.26 Å². The zero-order valence-electron chi connectivity index (χ0n) is 15.0. The second kappa shape index (κ2) is 7.55. The normalized spacial score (nSPS) is 12.0. The van der Waals surface area contributed by atoms with Crippen molar-refractivity contribution in [3.63, 3.8) is 0 Å². The van der Waals surface area contributed by atoms with Crippen LogP contribution in [0.1, 0.15) is 42.7 Å². The lowest BCUT2D eigenvalue weighted by atomic mass is 10.2. The van der Waals surface area contributed by atoms with Gasteiger partial charge in [0.2, 0.25) is 0 Å². The number of esters is 1. The van der Waals surface area contributed by atoms with Gasteiger partial charge in [0.25, 0.3) is 5.91 Å². The molecule has 9 heteroatoms. The van der Waals surface area contributed by atoms with Crippen LogP contribution >= 0.6 is 11.3 Å². The zero-order chi connectivity index (χ0) is 19.6. The number of nitrogens with one attached hydrogen (secondary N) is 1. The van der Waals surface area contributed by atoms with Crippen LogP contribution in [0.2, 0.25) is 0 Å². The van der Waals surface area contributed by atoms with E-state index in [0.29, 0.717) is 21.6 Å². The van der Waals surface area contributed by atoms with Crippen LogP contribution in [0.4, 0.5) is 5.00 Å². The molecule has 0 aliphatic carbocycles. The van der Waals surface area contributed by atoms with Crippen molar-refractivity contribution in [2.24, 2.45) is 0 Å². The quantitative estimate of drug-likeness (QED) is 0.678. The summed E-state index contributed by atoms with van der Waals surface area (Å²) < 4.78 is 6.99. The van der Waals surface area contributed by atoms with Gasteiger partial charge in [-0.3, -0.25) is 4.79 Å². The molecule has 0 fully saturated rings. The number of amides is 1. The maximum atomic E-state index is 12.4. The molecule has 3 rings (SSSR count). The van der Waals surface area contributed by atoms with Gasteiger partial charge in [-0.15, -0.1) is 11.3 Å². The second-order valence-corrected chi connectivity index (χ2v) is 7.05. The Bertz CT molecular complexity index is 1050. The molecule has 1 amide bonds. The van der Waals surface area contributed by atoms with Gasteiger partial charge in [-0.05, 0) is 38.3 Å². The molecule has 0 radical (unpaired) electrons. The van der Waals surface area contributed by atoms with Gasteiger partial charge in [0.1, 0.15) is 11.1 Å². The number of carbonyl (C=O) groups is 2. The first kappa shape index (κ1) is 18.5. The van der Waals surface area contributed by atoms with Crippen LogP contribution in [0.5, 0.6) is 0 Å². The highest BCUT2D eigenvalue weighted by atomic mass is 32.1. The van der Waals surface area contributed by atoms with Crippen molar-refractivity contribution in [2.45, 2.75) is 32.9 Å². The predicted molar refractivity (Wildman–Crippen MR) is 100 cm³/mol. The highest BCUT2D eigenvalue weighted by molar-refractivity contribution is 7.14. The fraction of sp³-hybridized carbons (Fsp3) is 0.278. The Morgan fingerprint density at radius 3 is 2.81 bits per heavy atom. The molecular formula is C18H17N5O3S. The van der Waals surface area contributed by atoms with Crippen LogP contribution in [0.25, 0.3) is 11.0 Å². The van der Waals surface area contributed by atoms with E-state index in [-0.39, 0.29) is 11.6 Å². The third kappa shape index (κ3) is 3.80. The number of carbonyl (C=O) groups excluding carboxylic acids is 2. The van der Waals surface area contributed by atoms with Crippen molar-refractivity contribution < 1.29 is 14.3 Å². The molecule has 0 saturated carbocycles. The van der Waals surface area contributed by atoms with E-state index in [2.05, 4.69) is 15.4 Å². The molecule has 0 spiro atoms. The Hall–Kier alpha value is -3.25. The smallest absolute Gasteiger partial charge is 0.340 e. The monoisotopic (exact) mass is 383 g/mol. The van der Waals surface area contributed by atoms with E-state index in [1.165, 1.54) is 24.5 Å². The van der Waals surface area contributed by atoms with E-state index in [9.17, 15) is 9.59 Å². The molecule has 3 aromatic heterocycles. The zero-order valence-corrected chi connectivity index (χ0v) is 15.8. The Morgan fingerprint density at radius 1 is 1.33 bits per heavy atom. The Kier molecular flexibility index (Phi) is 5.19. The number of hydrogen-bond donors (Lipinski definition) is 1. The molecule has 1 unspecified atom stereocenters. The van der Waals surface area contributed by atoms with Gasteiger partial charge in [0.05, 0.1) is 17.3 Å². The van der Waals surface area contributed by atoms with E-state index in [1.807, 2.05) is 19.9 Å². The SMILES string of the molecule is CC(OC(=O)c1cnc2c(cnn2C(C)C)c1)C(=O)Nc1sccc1C#N. The molecule has 27 heavy (non-hydrogen) atoms. The lowest BCUT2D eigenvalue weighted by molar-refractivity contribution is -0.123. The fourth-order valence-electron chi connectivity index (χ4n) is 2.42. The van der Waals surface area contributed by atoms with Crippen LogP contribution in [-0.2, 0) is 9.53 Å². The van der Waals surface area contributed by atoms with Gasteiger partial charge in [-0.1, -0.05) is 0 Å². The predicted octanol–water partition coefficient (Wildman–Crippen LogP) is 3.13. The molecule has 8 nitrogen and oxygen atoms in total. The highest BCUT2D eigenvalue weighted by Crippen LogP contribution is 2.22. The molecule has 0 aliphatic heterocycles. The molecule has 1 N–H and O–H groups in total. The van der Waals surface area contributed by atoms with Crippen LogP contribution in [0.3, 0.4) is 0 Å². The van der Waals surface area contributed by atoms with E-state index in [1.54, 1.807) is 28.4 Å². The van der Waals surface area contributed by atoms with Gasteiger partial charge in [0.15, 0.2) is 11.8 Å². The third-order valence-corrected chi connectivity index (χ3v) is 4.66. The summed E-state index contributed by atoms with van der Waals surface area (Å²) in [6, 6.07) is 5.37. The fourth-order valence-corrected chi connectivity index (χ4v) is 3.16. The van der Waals surface area contributed by atoms with Gasteiger partial charge < -0.3 is 10.1 Å². The highest BCUT2D eigenvalue weighted by Gasteiger charge is 2.21. The number of anilines is 1. The van der Waals surface area contributed by atoms with Gasteiger partial charge in [-0.2, -0.15) is 10.4 Å². The molecule has 0 bridgehead atoms. The lowest BCUT2D eigenvalue weighted by Crippen LogP contribution is -2.30. The minimum Gasteiger partial charge on any atom is -0.449 e. The number of rotatable bonds is 5. The van der Waals surface area contributed by atoms with E-state index < -0.39 is 18.0 Å². The number of hydrogen-bond acceptors (Lipinski definition) is 7. The molecule has 1 atom stereocenters. The Morgan fingerprint density at radius 2 is 2.11 bits per heavy atom. The first-order valence-electron chi connectivity index (χ1n) is 8.23.